The number of hydrogen-bond donors (Lipinski definition) is 1. The molecule has 0 bridgehead atoms. The largest absolute Gasteiger partial charge is 0.459 e. The van der Waals surface area contributed by atoms with E-state index in [-0.39, 0.29) is 6.04 Å². The van der Waals surface area contributed by atoms with Gasteiger partial charge in [0, 0.05) is 9.86 Å². The van der Waals surface area contributed by atoms with Crippen LogP contribution in [-0.2, 0) is 0 Å². The molecular weight excluding hydrogens is 254 g/mol. The zero-order valence-electron chi connectivity index (χ0n) is 8.83. The molecule has 0 aliphatic carbocycles. The van der Waals surface area contributed by atoms with Crippen molar-refractivity contribution >= 4 is 26.9 Å². The van der Waals surface area contributed by atoms with Crippen LogP contribution in [0.15, 0.2) is 33.2 Å². The van der Waals surface area contributed by atoms with Crippen LogP contribution in [0.2, 0.25) is 0 Å². The van der Waals surface area contributed by atoms with Gasteiger partial charge in [0.2, 0.25) is 0 Å². The molecule has 1 heterocycles. The number of hydrogen-bond acceptors (Lipinski definition) is 2. The number of benzene rings is 1. The Balaban J connectivity index is 2.47. The molecule has 2 rings (SSSR count). The third-order valence-electron chi connectivity index (χ3n) is 2.55. The quantitative estimate of drug-likeness (QED) is 0.898. The molecular formula is C12H14BrNO. The fourth-order valence-electron chi connectivity index (χ4n) is 1.52. The lowest BCUT2D eigenvalue weighted by molar-refractivity contribution is 0.418. The summed E-state index contributed by atoms with van der Waals surface area (Å²) in [5.41, 5.74) is 6.92. The minimum absolute atomic E-state index is 0.0313. The van der Waals surface area contributed by atoms with Crippen molar-refractivity contribution in [1.82, 2.24) is 0 Å². The summed E-state index contributed by atoms with van der Waals surface area (Å²) in [6.07, 6.45) is 0. The second-order valence-corrected chi connectivity index (χ2v) is 5.02. The summed E-state index contributed by atoms with van der Waals surface area (Å²) in [6.45, 7) is 4.18. The van der Waals surface area contributed by atoms with Crippen LogP contribution in [0.25, 0.3) is 11.0 Å². The van der Waals surface area contributed by atoms with Gasteiger partial charge in [0.15, 0.2) is 0 Å². The second-order valence-electron chi connectivity index (χ2n) is 4.10. The Morgan fingerprint density at radius 1 is 1.27 bits per heavy atom. The van der Waals surface area contributed by atoms with Crippen LogP contribution in [-0.4, -0.2) is 0 Å². The first-order valence-electron chi connectivity index (χ1n) is 5.02. The molecule has 1 aromatic carbocycles. The predicted octanol–water partition coefficient (Wildman–Crippen LogP) is 3.85. The first kappa shape index (κ1) is 10.7. The average molecular weight is 268 g/mol. The molecule has 0 saturated carbocycles. The van der Waals surface area contributed by atoms with Gasteiger partial charge in [-0.1, -0.05) is 29.8 Å². The van der Waals surface area contributed by atoms with E-state index in [0.29, 0.717) is 5.92 Å². The van der Waals surface area contributed by atoms with Crippen LogP contribution in [0.5, 0.6) is 0 Å². The summed E-state index contributed by atoms with van der Waals surface area (Å²) >= 11 is 3.42. The van der Waals surface area contributed by atoms with E-state index >= 15 is 0 Å². The van der Waals surface area contributed by atoms with E-state index in [2.05, 4.69) is 29.8 Å². The zero-order chi connectivity index (χ0) is 11.0. The molecule has 0 fully saturated rings. The van der Waals surface area contributed by atoms with Crippen LogP contribution >= 0.6 is 15.9 Å². The normalized spacial score (nSPS) is 13.7. The van der Waals surface area contributed by atoms with Gasteiger partial charge in [-0.15, -0.1) is 0 Å². The van der Waals surface area contributed by atoms with Crippen molar-refractivity contribution in [2.75, 3.05) is 0 Å². The van der Waals surface area contributed by atoms with Crippen molar-refractivity contribution in [3.63, 3.8) is 0 Å². The standard InChI is InChI=1S/C12H14BrNO/c1-7(2)12(14)11-5-8-3-4-9(13)6-10(8)15-11/h3-7,12H,14H2,1-2H3/t12-/m0/s1. The summed E-state index contributed by atoms with van der Waals surface area (Å²) in [7, 11) is 0. The summed E-state index contributed by atoms with van der Waals surface area (Å²) in [5.74, 6) is 1.24. The smallest absolute Gasteiger partial charge is 0.135 e. The maximum Gasteiger partial charge on any atom is 0.135 e. The van der Waals surface area contributed by atoms with Gasteiger partial charge in [-0.05, 0) is 30.2 Å². The predicted molar refractivity (Wildman–Crippen MR) is 65.7 cm³/mol. The van der Waals surface area contributed by atoms with Crippen LogP contribution in [0.1, 0.15) is 25.6 Å². The lowest BCUT2D eigenvalue weighted by atomic mass is 10.0. The summed E-state index contributed by atoms with van der Waals surface area (Å²) in [6, 6.07) is 7.98. The molecule has 0 aliphatic rings. The number of fused-ring (bicyclic) bond motifs is 1. The van der Waals surface area contributed by atoms with E-state index in [4.69, 9.17) is 10.2 Å². The lowest BCUT2D eigenvalue weighted by Gasteiger charge is -2.11. The Bertz CT molecular complexity index is 475. The van der Waals surface area contributed by atoms with E-state index in [1.165, 1.54) is 0 Å². The minimum atomic E-state index is -0.0313. The first-order chi connectivity index (χ1) is 7.08. The molecule has 3 heteroatoms. The molecule has 80 valence electrons. The Labute approximate surface area is 97.6 Å². The van der Waals surface area contributed by atoms with Crippen molar-refractivity contribution in [2.45, 2.75) is 19.9 Å². The topological polar surface area (TPSA) is 39.2 Å². The highest BCUT2D eigenvalue weighted by Crippen LogP contribution is 2.28. The SMILES string of the molecule is CC(C)[C@H](N)c1cc2ccc(Br)cc2o1. The van der Waals surface area contributed by atoms with Crippen LogP contribution < -0.4 is 5.73 Å². The van der Waals surface area contributed by atoms with E-state index in [1.54, 1.807) is 0 Å². The highest BCUT2D eigenvalue weighted by Gasteiger charge is 2.15. The third kappa shape index (κ3) is 2.08. The van der Waals surface area contributed by atoms with Crippen molar-refractivity contribution in [3.8, 4) is 0 Å². The molecule has 0 spiro atoms. The Morgan fingerprint density at radius 2 is 2.00 bits per heavy atom. The Morgan fingerprint density at radius 3 is 2.67 bits per heavy atom. The van der Waals surface area contributed by atoms with Crippen molar-refractivity contribution in [3.05, 3.63) is 34.5 Å². The fraction of sp³-hybridized carbons (Fsp3) is 0.333. The van der Waals surface area contributed by atoms with Crippen LogP contribution in [0.4, 0.5) is 0 Å². The van der Waals surface area contributed by atoms with E-state index in [1.807, 2.05) is 24.3 Å². The van der Waals surface area contributed by atoms with Crippen molar-refractivity contribution in [1.29, 1.82) is 0 Å². The molecule has 0 saturated heterocycles. The number of halogens is 1. The Hall–Kier alpha value is -0.800. The molecule has 2 aromatic rings. The molecule has 0 radical (unpaired) electrons. The monoisotopic (exact) mass is 267 g/mol. The van der Waals surface area contributed by atoms with E-state index in [0.717, 1.165) is 21.2 Å². The van der Waals surface area contributed by atoms with E-state index in [9.17, 15) is 0 Å². The van der Waals surface area contributed by atoms with Gasteiger partial charge in [0.25, 0.3) is 0 Å². The highest BCUT2D eigenvalue weighted by atomic mass is 79.9. The maximum atomic E-state index is 6.03. The summed E-state index contributed by atoms with van der Waals surface area (Å²) < 4.78 is 6.74. The summed E-state index contributed by atoms with van der Waals surface area (Å²) in [4.78, 5) is 0. The lowest BCUT2D eigenvalue weighted by Crippen LogP contribution is -2.15. The molecule has 2 N–H and O–H groups in total. The van der Waals surface area contributed by atoms with Gasteiger partial charge in [-0.25, -0.2) is 0 Å². The van der Waals surface area contributed by atoms with Gasteiger partial charge in [-0.2, -0.15) is 0 Å². The molecule has 15 heavy (non-hydrogen) atoms. The molecule has 2 nitrogen and oxygen atoms in total. The number of nitrogens with two attached hydrogens (primary N) is 1. The Kier molecular flexibility index (Phi) is 2.85. The van der Waals surface area contributed by atoms with Crippen LogP contribution in [0.3, 0.4) is 0 Å². The maximum absolute atomic E-state index is 6.03. The van der Waals surface area contributed by atoms with Gasteiger partial charge in [0.05, 0.1) is 6.04 Å². The van der Waals surface area contributed by atoms with Gasteiger partial charge in [0.1, 0.15) is 11.3 Å². The fourth-order valence-corrected chi connectivity index (χ4v) is 1.86. The third-order valence-corrected chi connectivity index (χ3v) is 3.04. The molecule has 1 aromatic heterocycles. The second kappa shape index (κ2) is 3.99. The molecule has 1 atom stereocenters. The average Bonchev–Trinajstić information content (AvgIpc) is 2.58. The number of furan rings is 1. The van der Waals surface area contributed by atoms with Gasteiger partial charge in [-0.3, -0.25) is 0 Å². The molecule has 0 unspecified atom stereocenters. The minimum Gasteiger partial charge on any atom is -0.459 e. The molecule has 0 amide bonds. The zero-order valence-corrected chi connectivity index (χ0v) is 10.4. The molecule has 0 aliphatic heterocycles. The summed E-state index contributed by atoms with van der Waals surface area (Å²) in [5, 5.41) is 1.10. The van der Waals surface area contributed by atoms with Crippen molar-refractivity contribution < 1.29 is 4.42 Å². The highest BCUT2D eigenvalue weighted by molar-refractivity contribution is 9.10. The van der Waals surface area contributed by atoms with Gasteiger partial charge >= 0.3 is 0 Å². The first-order valence-corrected chi connectivity index (χ1v) is 5.82. The van der Waals surface area contributed by atoms with E-state index < -0.39 is 0 Å². The van der Waals surface area contributed by atoms with Crippen molar-refractivity contribution in [2.24, 2.45) is 11.7 Å². The number of rotatable bonds is 2. The van der Waals surface area contributed by atoms with Gasteiger partial charge < -0.3 is 10.2 Å². The van der Waals surface area contributed by atoms with Crippen LogP contribution in [0, 0.1) is 5.92 Å².